The summed E-state index contributed by atoms with van der Waals surface area (Å²) >= 11 is 0. The second-order valence-electron chi connectivity index (χ2n) is 14.5. The number of hydrogen-bond donors (Lipinski definition) is 0. The van der Waals surface area contributed by atoms with E-state index in [-0.39, 0.29) is 21.7 Å². The third-order valence-electron chi connectivity index (χ3n) is 5.66. The van der Waals surface area contributed by atoms with Gasteiger partial charge in [0, 0.05) is 33.8 Å². The number of hydrogen-bond acceptors (Lipinski definition) is 1. The molecule has 0 aromatic carbocycles. The number of allylic oxidation sites excluding steroid dienone is 6. The van der Waals surface area contributed by atoms with Gasteiger partial charge < -0.3 is 0 Å². The van der Waals surface area contributed by atoms with Crippen molar-refractivity contribution in [3.05, 3.63) is 48.7 Å². The van der Waals surface area contributed by atoms with E-state index in [1.165, 1.54) is 43.4 Å². The zero-order valence-electron chi connectivity index (χ0n) is 25.0. The number of rotatable bonds is 8. The van der Waals surface area contributed by atoms with Gasteiger partial charge in [-0.15, -0.1) is 0 Å². The van der Waals surface area contributed by atoms with Crippen LogP contribution >= 0.6 is 7.05 Å². The van der Waals surface area contributed by atoms with Crippen LogP contribution in [0.15, 0.2) is 53.5 Å². The average Bonchev–Trinajstić information content (AvgIpc) is 3.12. The van der Waals surface area contributed by atoms with Crippen LogP contribution in [-0.2, 0) is 21.7 Å². The van der Waals surface area contributed by atoms with Crippen LogP contribution in [-0.4, -0.2) is 18.5 Å². The molecule has 3 heteroatoms. The zero-order valence-corrected chi connectivity index (χ0v) is 27.5. The molecule has 0 heterocycles. The van der Waals surface area contributed by atoms with Crippen LogP contribution in [0, 0.1) is 21.7 Å². The summed E-state index contributed by atoms with van der Waals surface area (Å²) in [5.74, 6) is 0. The molecule has 0 aliphatic heterocycles. The van der Waals surface area contributed by atoms with E-state index in [9.17, 15) is 0 Å². The van der Waals surface area contributed by atoms with Crippen LogP contribution < -0.4 is 0 Å². The molecule has 0 amide bonds. The quantitative estimate of drug-likeness (QED) is 0.170. The molecule has 0 saturated heterocycles. The van der Waals surface area contributed by atoms with Gasteiger partial charge in [0.05, 0.1) is 0 Å². The van der Waals surface area contributed by atoms with E-state index in [0.717, 1.165) is 6.42 Å². The summed E-state index contributed by atoms with van der Waals surface area (Å²) in [6.45, 7) is 31.5. The summed E-state index contributed by atoms with van der Waals surface area (Å²) in [6, 6.07) is 0. The summed E-state index contributed by atoms with van der Waals surface area (Å²) in [7, 11) is -1.32. The maximum atomic E-state index is 5.53. The predicted octanol–water partition coefficient (Wildman–Crippen LogP) is 11.1. The molecule has 1 aliphatic rings. The summed E-state index contributed by atoms with van der Waals surface area (Å²) in [5.41, 5.74) is 2.82. The van der Waals surface area contributed by atoms with E-state index in [1.54, 1.807) is 6.08 Å². The minimum Gasteiger partial charge on any atom is -0.272 e. The Morgan fingerprint density at radius 2 is 1.21 bits per heavy atom. The Labute approximate surface area is 230 Å². The molecule has 1 aliphatic carbocycles. The smallest absolute Gasteiger partial charge is 0.0425 e. The Balaban J connectivity index is 0. The van der Waals surface area contributed by atoms with Crippen LogP contribution in [0.5, 0.6) is 0 Å². The molecule has 0 aromatic rings. The summed E-state index contributed by atoms with van der Waals surface area (Å²) < 4.78 is 5.53. The molecule has 1 nitrogen and oxygen atoms in total. The van der Waals surface area contributed by atoms with Gasteiger partial charge >= 0.3 is 0 Å². The summed E-state index contributed by atoms with van der Waals surface area (Å²) in [5, 5.41) is 0. The minimum absolute atomic E-state index is 0. The van der Waals surface area contributed by atoms with Crippen molar-refractivity contribution in [1.82, 2.24) is 0 Å². The molecule has 196 valence electrons. The van der Waals surface area contributed by atoms with Gasteiger partial charge in [-0.05, 0) is 72.5 Å². The molecule has 1 rings (SSSR count). The molecule has 0 aromatic heterocycles. The summed E-state index contributed by atoms with van der Waals surface area (Å²) in [4.78, 5) is 0. The third-order valence-corrected chi connectivity index (χ3v) is 9.51. The first-order valence-corrected chi connectivity index (χ1v) is 15.3. The van der Waals surface area contributed by atoms with Crippen molar-refractivity contribution in [3.8, 4) is 0 Å². The van der Waals surface area contributed by atoms with E-state index in [2.05, 4.69) is 114 Å². The van der Waals surface area contributed by atoms with E-state index >= 15 is 0 Å². The monoisotopic (exact) mass is 523 g/mol. The molecule has 34 heavy (non-hydrogen) atoms. The fourth-order valence-electron chi connectivity index (χ4n) is 3.26. The van der Waals surface area contributed by atoms with Crippen LogP contribution in [0.4, 0.5) is 0 Å². The maximum Gasteiger partial charge on any atom is 0.0425 e. The van der Waals surface area contributed by atoms with Crippen molar-refractivity contribution < 1.29 is 21.7 Å². The SMILES string of the molecule is C=CC=CC(C)(C)C.CC(C)(C)CCP(CCC(C)(C)C)(CCC(C)(C)C)=NC1=CC=CC1.[Ti]. The molecule has 0 bridgehead atoms. The average molecular weight is 524 g/mol. The molecular weight excluding hydrogens is 465 g/mol. The topological polar surface area (TPSA) is 12.4 Å². The molecule has 0 fully saturated rings. The van der Waals surface area contributed by atoms with Gasteiger partial charge in [-0.2, -0.15) is 0 Å². The molecule has 0 unspecified atom stereocenters. The minimum atomic E-state index is -1.32. The third kappa shape index (κ3) is 21.2. The van der Waals surface area contributed by atoms with Crippen molar-refractivity contribution in [2.75, 3.05) is 18.5 Å². The van der Waals surface area contributed by atoms with Crippen molar-refractivity contribution >= 4 is 7.05 Å². The molecule has 0 saturated carbocycles. The van der Waals surface area contributed by atoms with Crippen molar-refractivity contribution in [2.24, 2.45) is 26.4 Å². The Bertz CT molecular complexity index is 673. The normalized spacial score (nSPS) is 14.9. The van der Waals surface area contributed by atoms with Gasteiger partial charge in [-0.1, -0.05) is 120 Å². The Kier molecular flexibility index (Phi) is 16.1. The Hall–Kier alpha value is -0.0957. The van der Waals surface area contributed by atoms with Gasteiger partial charge in [-0.3, -0.25) is 4.74 Å². The molecule has 0 spiro atoms. The van der Waals surface area contributed by atoms with Crippen LogP contribution in [0.25, 0.3) is 0 Å². The summed E-state index contributed by atoms with van der Waals surface area (Å²) in [6.07, 6.45) is 21.5. The van der Waals surface area contributed by atoms with Crippen LogP contribution in [0.2, 0.25) is 0 Å². The predicted molar refractivity (Wildman–Crippen MR) is 157 cm³/mol. The second kappa shape index (κ2) is 15.2. The largest absolute Gasteiger partial charge is 0.272 e. The van der Waals surface area contributed by atoms with E-state index in [0.29, 0.717) is 21.7 Å². The van der Waals surface area contributed by atoms with Gasteiger partial charge in [0.15, 0.2) is 0 Å². The van der Waals surface area contributed by atoms with Crippen molar-refractivity contribution in [2.45, 2.75) is 109 Å². The first-order chi connectivity index (χ1) is 14.8. The van der Waals surface area contributed by atoms with Crippen molar-refractivity contribution in [1.29, 1.82) is 0 Å². The second-order valence-corrected chi connectivity index (χ2v) is 18.3. The Morgan fingerprint density at radius 3 is 1.44 bits per heavy atom. The van der Waals surface area contributed by atoms with E-state index in [4.69, 9.17) is 4.74 Å². The van der Waals surface area contributed by atoms with Gasteiger partial charge in [0.1, 0.15) is 0 Å². The Morgan fingerprint density at radius 1 is 0.794 bits per heavy atom. The van der Waals surface area contributed by atoms with Gasteiger partial charge in [0.25, 0.3) is 0 Å². The number of nitrogens with zero attached hydrogens (tertiary/aromatic N) is 1. The van der Waals surface area contributed by atoms with Crippen molar-refractivity contribution in [3.63, 3.8) is 0 Å². The van der Waals surface area contributed by atoms with E-state index < -0.39 is 7.05 Å². The molecule has 0 radical (unpaired) electrons. The maximum absolute atomic E-state index is 5.53. The first kappa shape index (κ1) is 36.1. The van der Waals surface area contributed by atoms with E-state index in [1.807, 2.05) is 6.08 Å². The zero-order chi connectivity index (χ0) is 26.0. The fraction of sp³-hybridized carbons (Fsp3) is 0.742. The van der Waals surface area contributed by atoms with Crippen LogP contribution in [0.1, 0.15) is 109 Å². The van der Waals surface area contributed by atoms with Gasteiger partial charge in [-0.25, -0.2) is 0 Å². The first-order valence-electron chi connectivity index (χ1n) is 13.0. The standard InChI is InChI=1S/C23H44NP.C8H14.Ti/c1-21(2,3)14-17-25(18-15-22(4,5)6,19-16-23(7,8)9)24-20-12-10-11-13-20;1-5-6-7-8(2,3)4;/h10-12H,13-19H2,1-9H3;5-7H,1H2,2-4H3;. The van der Waals surface area contributed by atoms with Crippen LogP contribution in [0.3, 0.4) is 0 Å². The fourth-order valence-corrected chi connectivity index (χ4v) is 8.18. The molecular formula is C31H58NPTi. The van der Waals surface area contributed by atoms with Gasteiger partial charge in [0.2, 0.25) is 0 Å². The molecule has 0 N–H and O–H groups in total. The molecule has 0 atom stereocenters.